The van der Waals surface area contributed by atoms with Crippen molar-refractivity contribution in [3.63, 3.8) is 0 Å². The highest BCUT2D eigenvalue weighted by molar-refractivity contribution is 7.49. The van der Waals surface area contributed by atoms with Crippen LogP contribution < -0.4 is 9.05 Å². The molecule has 2 aromatic carbocycles. The second kappa shape index (κ2) is 17.0. The largest absolute Gasteiger partial charge is 0.590 e. The van der Waals surface area contributed by atoms with Crippen molar-refractivity contribution in [1.82, 2.24) is 0 Å². The molecule has 2 aromatic rings. The molecule has 12 nitrogen and oxygen atoms in total. The maximum Gasteiger partial charge on any atom is 0.590 e. The molecule has 5 atom stereocenters. The Morgan fingerprint density at radius 3 is 1.81 bits per heavy atom. The summed E-state index contributed by atoms with van der Waals surface area (Å²) in [5.41, 5.74) is 0. The van der Waals surface area contributed by atoms with Gasteiger partial charge in [0.25, 0.3) is 0 Å². The molecule has 1 heterocycles. The van der Waals surface area contributed by atoms with Crippen LogP contribution in [0.5, 0.6) is 11.5 Å². The van der Waals surface area contributed by atoms with Gasteiger partial charge in [-0.3, -0.25) is 14.4 Å². The fraction of sp³-hybridized carbons (Fsp3) is 0.500. The number of hydrogen-bond acceptors (Lipinski definition) is 12. The van der Waals surface area contributed by atoms with Gasteiger partial charge in [0.15, 0.2) is 12.2 Å². The molecule has 0 bridgehead atoms. The molecule has 0 N–H and O–H groups in total. The predicted octanol–water partition coefficient (Wildman–Crippen LogP) is 5.39. The Balaban J connectivity index is 2.01. The van der Waals surface area contributed by atoms with E-state index in [0.29, 0.717) is 6.42 Å². The number of unbranched alkanes of at least 4 members (excludes halogenated alkanes) is 3. The third-order valence-corrected chi connectivity index (χ3v) is 7.44. The highest BCUT2D eigenvalue weighted by atomic mass is 31.2. The zero-order valence-corrected chi connectivity index (χ0v) is 25.6. The van der Waals surface area contributed by atoms with Gasteiger partial charge in [0.1, 0.15) is 30.3 Å². The van der Waals surface area contributed by atoms with Crippen molar-refractivity contribution in [1.29, 1.82) is 0 Å². The Morgan fingerprint density at radius 2 is 1.30 bits per heavy atom. The number of ether oxygens (including phenoxy) is 5. The number of para-hydroxylation sites is 2. The van der Waals surface area contributed by atoms with Gasteiger partial charge in [0.2, 0.25) is 6.29 Å². The van der Waals surface area contributed by atoms with Gasteiger partial charge in [0.05, 0.1) is 0 Å². The second-order valence-corrected chi connectivity index (χ2v) is 11.2. The van der Waals surface area contributed by atoms with Crippen LogP contribution in [0.4, 0.5) is 0 Å². The molecule has 1 aliphatic rings. The summed E-state index contributed by atoms with van der Waals surface area (Å²) in [7, 11) is -4.58. The first-order valence-electron chi connectivity index (χ1n) is 14.1. The van der Waals surface area contributed by atoms with E-state index in [-0.39, 0.29) is 24.7 Å². The van der Waals surface area contributed by atoms with Gasteiger partial charge in [-0.15, -0.1) is 0 Å². The molecule has 3 rings (SSSR count). The summed E-state index contributed by atoms with van der Waals surface area (Å²) >= 11 is 0. The Hall–Kier alpha value is -3.44. The minimum atomic E-state index is -4.58. The van der Waals surface area contributed by atoms with Gasteiger partial charge in [0, 0.05) is 27.4 Å². The van der Waals surface area contributed by atoms with E-state index in [9.17, 15) is 18.9 Å². The number of carbonyl (C=O) groups is 3. The van der Waals surface area contributed by atoms with E-state index in [2.05, 4.69) is 6.92 Å². The lowest BCUT2D eigenvalue weighted by Crippen LogP contribution is -2.62. The van der Waals surface area contributed by atoms with Crippen LogP contribution in [0.1, 0.15) is 53.4 Å². The molecule has 1 saturated heterocycles. The molecular weight excluding hydrogens is 583 g/mol. The lowest BCUT2D eigenvalue weighted by atomic mass is 9.98. The summed E-state index contributed by atoms with van der Waals surface area (Å²) in [5.74, 6) is -1.69. The molecule has 1 aliphatic heterocycles. The van der Waals surface area contributed by atoms with Crippen LogP contribution in [0.15, 0.2) is 60.7 Å². The zero-order chi connectivity index (χ0) is 31.2. The van der Waals surface area contributed by atoms with Crippen molar-refractivity contribution in [2.45, 2.75) is 84.1 Å². The monoisotopic (exact) mass is 622 g/mol. The summed E-state index contributed by atoms with van der Waals surface area (Å²) in [6, 6.07) is 16.4. The summed E-state index contributed by atoms with van der Waals surface area (Å²) in [5, 5.41) is 0. The molecule has 1 fully saturated rings. The number of phosphoric acid groups is 1. The minimum absolute atomic E-state index is 0.166. The zero-order valence-electron chi connectivity index (χ0n) is 24.7. The number of hydrogen-bond donors (Lipinski definition) is 0. The molecule has 0 saturated carbocycles. The Labute approximate surface area is 251 Å². The fourth-order valence-corrected chi connectivity index (χ4v) is 5.60. The standard InChI is InChI=1S/C30H39O12P/c1-5-6-7-14-19-35-28-27(37-22(3)32)26(20-36-21(2)31)39-30(29(28)38-23(4)33)42-43(34,40-24-15-10-8-11-16-24)41-25-17-12-9-13-18-25/h8-13,15-18,26-30H,5-7,14,19-20H2,1-4H3/t26-,27-,28+,29-,30-/m1/s1. The predicted molar refractivity (Wildman–Crippen MR) is 153 cm³/mol. The first kappa shape index (κ1) is 34.1. The van der Waals surface area contributed by atoms with Crippen molar-refractivity contribution >= 4 is 25.7 Å². The van der Waals surface area contributed by atoms with Crippen molar-refractivity contribution in [3.8, 4) is 11.5 Å². The molecule has 13 heteroatoms. The maximum absolute atomic E-state index is 14.2. The van der Waals surface area contributed by atoms with Crippen molar-refractivity contribution in [3.05, 3.63) is 60.7 Å². The van der Waals surface area contributed by atoms with Gasteiger partial charge in [-0.1, -0.05) is 62.6 Å². The Bertz CT molecular complexity index is 1160. The lowest BCUT2D eigenvalue weighted by molar-refractivity contribution is -0.295. The van der Waals surface area contributed by atoms with Crippen LogP contribution in [0.2, 0.25) is 0 Å². The van der Waals surface area contributed by atoms with Crippen LogP contribution >= 0.6 is 7.82 Å². The van der Waals surface area contributed by atoms with Crippen molar-refractivity contribution < 1.29 is 56.2 Å². The average Bonchev–Trinajstić information content (AvgIpc) is 2.95. The Kier molecular flexibility index (Phi) is 13.5. The molecule has 43 heavy (non-hydrogen) atoms. The Morgan fingerprint density at radius 1 is 0.744 bits per heavy atom. The second-order valence-electron chi connectivity index (χ2n) is 9.75. The van der Waals surface area contributed by atoms with E-state index in [1.54, 1.807) is 60.7 Å². The van der Waals surface area contributed by atoms with Gasteiger partial charge < -0.3 is 32.7 Å². The number of phosphoric ester groups is 1. The van der Waals surface area contributed by atoms with E-state index in [0.717, 1.165) is 19.3 Å². The van der Waals surface area contributed by atoms with Crippen LogP contribution in [0.3, 0.4) is 0 Å². The van der Waals surface area contributed by atoms with Crippen molar-refractivity contribution in [2.75, 3.05) is 13.2 Å². The third-order valence-electron chi connectivity index (χ3n) is 6.11. The summed E-state index contributed by atoms with van der Waals surface area (Å²) in [6.45, 7) is 5.48. The maximum atomic E-state index is 14.2. The summed E-state index contributed by atoms with van der Waals surface area (Å²) in [6.07, 6.45) is -3.00. The number of benzene rings is 2. The molecule has 236 valence electrons. The van der Waals surface area contributed by atoms with Crippen LogP contribution in [-0.4, -0.2) is 61.8 Å². The van der Waals surface area contributed by atoms with Gasteiger partial charge >= 0.3 is 25.7 Å². The number of carbonyl (C=O) groups excluding carboxylic acids is 3. The first-order valence-corrected chi connectivity index (χ1v) is 15.6. The van der Waals surface area contributed by atoms with E-state index in [4.69, 9.17) is 37.3 Å². The molecule has 0 unspecified atom stereocenters. The van der Waals surface area contributed by atoms with E-state index in [1.165, 1.54) is 20.8 Å². The van der Waals surface area contributed by atoms with Crippen LogP contribution in [0.25, 0.3) is 0 Å². The molecule has 0 amide bonds. The van der Waals surface area contributed by atoms with Gasteiger partial charge in [-0.05, 0) is 30.7 Å². The lowest BCUT2D eigenvalue weighted by Gasteiger charge is -2.44. The highest BCUT2D eigenvalue weighted by Gasteiger charge is 2.54. The van der Waals surface area contributed by atoms with E-state index < -0.39 is 56.4 Å². The van der Waals surface area contributed by atoms with E-state index in [1.807, 2.05) is 0 Å². The normalized spacial score (nSPS) is 21.8. The summed E-state index contributed by atoms with van der Waals surface area (Å²) < 4.78 is 60.1. The topological polar surface area (TPSA) is 142 Å². The van der Waals surface area contributed by atoms with E-state index >= 15 is 0 Å². The number of esters is 3. The summed E-state index contributed by atoms with van der Waals surface area (Å²) in [4.78, 5) is 36.1. The molecule has 0 radical (unpaired) electrons. The highest BCUT2D eigenvalue weighted by Crippen LogP contribution is 2.52. The average molecular weight is 623 g/mol. The van der Waals surface area contributed by atoms with Gasteiger partial charge in [-0.2, -0.15) is 0 Å². The quantitative estimate of drug-likeness (QED) is 0.103. The van der Waals surface area contributed by atoms with Gasteiger partial charge in [-0.25, -0.2) is 9.09 Å². The fourth-order valence-electron chi connectivity index (χ4n) is 4.30. The minimum Gasteiger partial charge on any atom is -0.463 e. The molecule has 0 aliphatic carbocycles. The smallest absolute Gasteiger partial charge is 0.463 e. The first-order chi connectivity index (χ1) is 20.6. The van der Waals surface area contributed by atoms with Crippen LogP contribution in [0, 0.1) is 0 Å². The molecular formula is C30H39O12P. The van der Waals surface area contributed by atoms with Crippen LogP contribution in [-0.2, 0) is 47.2 Å². The SMILES string of the molecule is CCCCCCO[C@@H]1[C@@H](OC(C)=O)[C@@H](OP(=O)(Oc2ccccc2)Oc2ccccc2)O[C@H](COC(C)=O)[C@H]1OC(C)=O. The van der Waals surface area contributed by atoms with Crippen molar-refractivity contribution in [2.24, 2.45) is 0 Å². The third kappa shape index (κ3) is 11.3. The molecule has 0 aromatic heterocycles. The number of rotatable bonds is 16. The molecule has 0 spiro atoms.